The second-order valence-corrected chi connectivity index (χ2v) is 4.73. The Morgan fingerprint density at radius 1 is 1.05 bits per heavy atom. The number of nitrogens with one attached hydrogen (secondary N) is 1. The highest BCUT2D eigenvalue weighted by molar-refractivity contribution is 5.81. The van der Waals surface area contributed by atoms with E-state index in [-0.39, 0.29) is 5.82 Å². The first-order valence-electron chi connectivity index (χ1n) is 6.57. The van der Waals surface area contributed by atoms with Crippen molar-refractivity contribution < 1.29 is 4.39 Å². The summed E-state index contributed by atoms with van der Waals surface area (Å²) in [6.45, 7) is 0.709. The van der Waals surface area contributed by atoms with Gasteiger partial charge in [-0.25, -0.2) is 9.37 Å². The Bertz CT molecular complexity index is 753. The van der Waals surface area contributed by atoms with E-state index < -0.39 is 0 Å². The summed E-state index contributed by atoms with van der Waals surface area (Å²) in [6, 6.07) is 16.8. The number of aromatic nitrogens is 1. The van der Waals surface area contributed by atoms with E-state index in [9.17, 15) is 4.39 Å². The molecule has 0 aliphatic carbocycles. The monoisotopic (exact) mass is 266 g/mol. The second kappa shape index (κ2) is 5.39. The van der Waals surface area contributed by atoms with Crippen LogP contribution in [-0.4, -0.2) is 12.0 Å². The van der Waals surface area contributed by atoms with Gasteiger partial charge in [0, 0.05) is 17.5 Å². The van der Waals surface area contributed by atoms with E-state index in [1.807, 2.05) is 49.5 Å². The van der Waals surface area contributed by atoms with Gasteiger partial charge >= 0.3 is 0 Å². The van der Waals surface area contributed by atoms with Crippen LogP contribution < -0.4 is 5.32 Å². The van der Waals surface area contributed by atoms with Crippen molar-refractivity contribution in [3.05, 3.63) is 66.0 Å². The first-order chi connectivity index (χ1) is 9.78. The fraction of sp³-hybridized carbons (Fsp3) is 0.118. The summed E-state index contributed by atoms with van der Waals surface area (Å²) >= 11 is 0. The van der Waals surface area contributed by atoms with Gasteiger partial charge in [0.2, 0.25) is 0 Å². The normalized spacial score (nSPS) is 10.9. The highest BCUT2D eigenvalue weighted by Gasteiger charge is 2.08. The van der Waals surface area contributed by atoms with Crippen LogP contribution in [-0.2, 0) is 6.54 Å². The molecule has 1 aromatic heterocycles. The quantitative estimate of drug-likeness (QED) is 0.780. The number of rotatable bonds is 3. The molecular weight excluding hydrogens is 251 g/mol. The molecule has 0 fully saturated rings. The van der Waals surface area contributed by atoms with Crippen molar-refractivity contribution in [1.29, 1.82) is 0 Å². The number of hydrogen-bond donors (Lipinski definition) is 1. The number of para-hydroxylation sites is 1. The average molecular weight is 266 g/mol. The fourth-order valence-electron chi connectivity index (χ4n) is 2.30. The zero-order valence-corrected chi connectivity index (χ0v) is 11.2. The van der Waals surface area contributed by atoms with Gasteiger partial charge in [-0.3, -0.25) is 0 Å². The fourth-order valence-corrected chi connectivity index (χ4v) is 2.30. The lowest BCUT2D eigenvalue weighted by molar-refractivity contribution is 0.629. The Hall–Kier alpha value is -2.26. The van der Waals surface area contributed by atoms with Crippen LogP contribution in [0.4, 0.5) is 4.39 Å². The lowest BCUT2D eigenvalue weighted by Crippen LogP contribution is -2.05. The summed E-state index contributed by atoms with van der Waals surface area (Å²) in [5.41, 5.74) is 3.13. The molecule has 2 aromatic carbocycles. The third-order valence-corrected chi connectivity index (χ3v) is 3.29. The van der Waals surface area contributed by atoms with Crippen molar-refractivity contribution in [2.24, 2.45) is 0 Å². The largest absolute Gasteiger partial charge is 0.316 e. The lowest BCUT2D eigenvalue weighted by atomic mass is 10.1. The summed E-state index contributed by atoms with van der Waals surface area (Å²) in [7, 11) is 1.87. The van der Waals surface area contributed by atoms with Crippen LogP contribution in [0.3, 0.4) is 0 Å². The highest BCUT2D eigenvalue weighted by Crippen LogP contribution is 2.24. The van der Waals surface area contributed by atoms with Gasteiger partial charge in [-0.1, -0.05) is 30.3 Å². The summed E-state index contributed by atoms with van der Waals surface area (Å²) in [6.07, 6.45) is 0. The smallest absolute Gasteiger partial charge is 0.132 e. The third kappa shape index (κ3) is 2.40. The first-order valence-corrected chi connectivity index (χ1v) is 6.57. The highest BCUT2D eigenvalue weighted by atomic mass is 19.1. The number of hydrogen-bond acceptors (Lipinski definition) is 2. The van der Waals surface area contributed by atoms with Crippen LogP contribution in [0.15, 0.2) is 54.6 Å². The van der Waals surface area contributed by atoms with Crippen LogP contribution in [0.1, 0.15) is 5.56 Å². The summed E-state index contributed by atoms with van der Waals surface area (Å²) in [4.78, 5) is 4.55. The van der Waals surface area contributed by atoms with Crippen molar-refractivity contribution in [1.82, 2.24) is 10.3 Å². The topological polar surface area (TPSA) is 24.9 Å². The molecule has 0 aliphatic heterocycles. The zero-order chi connectivity index (χ0) is 13.9. The minimum Gasteiger partial charge on any atom is -0.316 e. The third-order valence-electron chi connectivity index (χ3n) is 3.29. The van der Waals surface area contributed by atoms with Crippen LogP contribution in [0.2, 0.25) is 0 Å². The molecule has 0 unspecified atom stereocenters. The van der Waals surface area contributed by atoms with Crippen LogP contribution in [0.25, 0.3) is 22.2 Å². The number of pyridine rings is 1. The summed E-state index contributed by atoms with van der Waals surface area (Å²) < 4.78 is 14.0. The molecule has 0 spiro atoms. The SMILES string of the molecule is CNCc1ccc(F)c(-c2ccc3ccccc3n2)c1. The van der Waals surface area contributed by atoms with Gasteiger partial charge in [0.15, 0.2) is 0 Å². The number of benzene rings is 2. The molecule has 20 heavy (non-hydrogen) atoms. The molecule has 1 heterocycles. The van der Waals surface area contributed by atoms with Gasteiger partial charge in [-0.2, -0.15) is 0 Å². The molecule has 3 rings (SSSR count). The van der Waals surface area contributed by atoms with Gasteiger partial charge in [0.05, 0.1) is 11.2 Å². The van der Waals surface area contributed by atoms with E-state index in [2.05, 4.69) is 10.3 Å². The molecule has 0 saturated carbocycles. The predicted molar refractivity (Wildman–Crippen MR) is 79.9 cm³/mol. The molecule has 3 heteroatoms. The molecule has 0 amide bonds. The molecule has 100 valence electrons. The maximum absolute atomic E-state index is 14.0. The molecule has 2 nitrogen and oxygen atoms in total. The molecule has 0 atom stereocenters. The maximum atomic E-state index is 14.0. The van der Waals surface area contributed by atoms with Crippen molar-refractivity contribution >= 4 is 10.9 Å². The van der Waals surface area contributed by atoms with E-state index in [0.717, 1.165) is 16.5 Å². The standard InChI is InChI=1S/C17H15FN2/c1-19-11-12-6-8-15(18)14(10-12)17-9-7-13-4-2-3-5-16(13)20-17/h2-10,19H,11H2,1H3. The average Bonchev–Trinajstić information content (AvgIpc) is 2.49. The van der Waals surface area contributed by atoms with Crippen LogP contribution in [0.5, 0.6) is 0 Å². The molecule has 0 aliphatic rings. The lowest BCUT2D eigenvalue weighted by Gasteiger charge is -2.07. The van der Waals surface area contributed by atoms with Gasteiger partial charge in [-0.15, -0.1) is 0 Å². The summed E-state index contributed by atoms with van der Waals surface area (Å²) in [5, 5.41) is 4.13. The van der Waals surface area contributed by atoms with E-state index in [4.69, 9.17) is 0 Å². The van der Waals surface area contributed by atoms with E-state index in [0.29, 0.717) is 17.8 Å². The van der Waals surface area contributed by atoms with Gasteiger partial charge < -0.3 is 5.32 Å². The number of halogens is 1. The molecule has 0 saturated heterocycles. The second-order valence-electron chi connectivity index (χ2n) is 4.73. The summed E-state index contributed by atoms with van der Waals surface area (Å²) in [5.74, 6) is -0.243. The van der Waals surface area contributed by atoms with Crippen LogP contribution in [0, 0.1) is 5.82 Å². The minimum absolute atomic E-state index is 0.243. The Morgan fingerprint density at radius 3 is 2.75 bits per heavy atom. The minimum atomic E-state index is -0.243. The Balaban J connectivity index is 2.12. The number of nitrogens with zero attached hydrogens (tertiary/aromatic N) is 1. The molecule has 1 N–H and O–H groups in total. The Morgan fingerprint density at radius 2 is 1.90 bits per heavy atom. The Kier molecular flexibility index (Phi) is 3.44. The molecule has 0 radical (unpaired) electrons. The van der Waals surface area contributed by atoms with Crippen LogP contribution >= 0.6 is 0 Å². The van der Waals surface area contributed by atoms with Gasteiger partial charge in [0.1, 0.15) is 5.82 Å². The maximum Gasteiger partial charge on any atom is 0.132 e. The number of fused-ring (bicyclic) bond motifs is 1. The Labute approximate surface area is 117 Å². The van der Waals surface area contributed by atoms with Gasteiger partial charge in [0.25, 0.3) is 0 Å². The van der Waals surface area contributed by atoms with Crippen molar-refractivity contribution in [3.8, 4) is 11.3 Å². The predicted octanol–water partition coefficient (Wildman–Crippen LogP) is 3.76. The first kappa shape index (κ1) is 12.8. The van der Waals surface area contributed by atoms with E-state index in [1.165, 1.54) is 6.07 Å². The van der Waals surface area contributed by atoms with E-state index >= 15 is 0 Å². The van der Waals surface area contributed by atoms with Crippen molar-refractivity contribution in [3.63, 3.8) is 0 Å². The van der Waals surface area contributed by atoms with E-state index in [1.54, 1.807) is 6.07 Å². The zero-order valence-electron chi connectivity index (χ0n) is 11.2. The molecular formula is C17H15FN2. The molecule has 3 aromatic rings. The van der Waals surface area contributed by atoms with Gasteiger partial charge in [-0.05, 0) is 36.9 Å². The van der Waals surface area contributed by atoms with Crippen molar-refractivity contribution in [2.75, 3.05) is 7.05 Å². The van der Waals surface area contributed by atoms with Crippen molar-refractivity contribution in [2.45, 2.75) is 6.54 Å². The molecule has 0 bridgehead atoms.